The van der Waals surface area contributed by atoms with E-state index in [2.05, 4.69) is 25.9 Å². The van der Waals surface area contributed by atoms with Gasteiger partial charge in [-0.3, -0.25) is 4.79 Å². The average Bonchev–Trinajstić information content (AvgIpc) is 3.60. The van der Waals surface area contributed by atoms with Crippen LogP contribution in [-0.4, -0.2) is 59.3 Å². The van der Waals surface area contributed by atoms with Crippen LogP contribution in [0.15, 0.2) is 48.0 Å². The molecule has 1 aliphatic carbocycles. The van der Waals surface area contributed by atoms with Crippen molar-refractivity contribution in [2.24, 2.45) is 0 Å². The van der Waals surface area contributed by atoms with Crippen LogP contribution in [0.4, 0.5) is 30.6 Å². The van der Waals surface area contributed by atoms with Crippen LogP contribution in [0.3, 0.4) is 0 Å². The fourth-order valence-electron chi connectivity index (χ4n) is 3.25. The molecule has 0 spiro atoms. The van der Waals surface area contributed by atoms with Crippen molar-refractivity contribution in [1.29, 1.82) is 0 Å². The number of methoxy groups -OCH3 is 1. The lowest BCUT2D eigenvalue weighted by molar-refractivity contribution is -0.192. The largest absolute Gasteiger partial charge is 0.490 e. The van der Waals surface area contributed by atoms with E-state index < -0.39 is 18.1 Å². The third-order valence-corrected chi connectivity index (χ3v) is 6.16. The van der Waals surface area contributed by atoms with Crippen LogP contribution in [0.1, 0.15) is 50.8 Å². The highest BCUT2D eigenvalue weighted by molar-refractivity contribution is 7.12. The summed E-state index contributed by atoms with van der Waals surface area (Å²) in [6.45, 7) is 1.26. The molecule has 39 heavy (non-hydrogen) atoms. The minimum Gasteiger partial charge on any atom is -0.475 e. The molecule has 0 unspecified atom stereocenters. The van der Waals surface area contributed by atoms with Gasteiger partial charge in [0.25, 0.3) is 5.91 Å². The van der Waals surface area contributed by atoms with Crippen molar-refractivity contribution in [3.05, 3.63) is 64.0 Å². The molecule has 1 fully saturated rings. The van der Waals surface area contributed by atoms with Crippen LogP contribution in [0.5, 0.6) is 0 Å². The number of thiophene rings is 1. The predicted octanol–water partition coefficient (Wildman–Crippen LogP) is 4.81. The molecular formula is C25H26F3N5O5S. The highest BCUT2D eigenvalue weighted by atomic mass is 32.1. The molecule has 208 valence electrons. The molecule has 1 saturated carbocycles. The summed E-state index contributed by atoms with van der Waals surface area (Å²) >= 11 is 1.43. The van der Waals surface area contributed by atoms with E-state index in [0.717, 1.165) is 35.5 Å². The molecule has 1 amide bonds. The minimum atomic E-state index is -5.08. The summed E-state index contributed by atoms with van der Waals surface area (Å²) in [7, 11) is 1.35. The third kappa shape index (κ3) is 9.25. The fourth-order valence-corrected chi connectivity index (χ4v) is 3.89. The van der Waals surface area contributed by atoms with E-state index in [-0.39, 0.29) is 5.91 Å². The van der Waals surface area contributed by atoms with Crippen molar-refractivity contribution in [2.45, 2.75) is 31.4 Å². The van der Waals surface area contributed by atoms with Gasteiger partial charge in [-0.25, -0.2) is 14.6 Å². The van der Waals surface area contributed by atoms with E-state index in [1.165, 1.54) is 18.4 Å². The molecule has 1 aliphatic rings. The number of carbonyl (C=O) groups is 3. The van der Waals surface area contributed by atoms with Crippen LogP contribution < -0.4 is 16.0 Å². The molecule has 4 rings (SSSR count). The molecule has 4 N–H and O–H groups in total. The molecule has 14 heteroatoms. The van der Waals surface area contributed by atoms with Crippen molar-refractivity contribution in [3.8, 4) is 0 Å². The first-order valence-corrected chi connectivity index (χ1v) is 12.6. The zero-order chi connectivity index (χ0) is 28.4. The van der Waals surface area contributed by atoms with E-state index in [1.54, 1.807) is 18.2 Å². The van der Waals surface area contributed by atoms with Gasteiger partial charge in [-0.05, 0) is 54.8 Å². The lowest BCUT2D eigenvalue weighted by Crippen LogP contribution is -2.25. The Balaban J connectivity index is 0.000000532. The molecule has 10 nitrogen and oxygen atoms in total. The maximum absolute atomic E-state index is 12.0. The van der Waals surface area contributed by atoms with E-state index in [1.807, 2.05) is 29.8 Å². The van der Waals surface area contributed by atoms with E-state index >= 15 is 0 Å². The van der Waals surface area contributed by atoms with Crippen LogP contribution in [0, 0.1) is 0 Å². The Kier molecular flexibility index (Phi) is 10.2. The number of hydrogen-bond acceptors (Lipinski definition) is 9. The number of amides is 1. The molecule has 2 aromatic heterocycles. The number of ether oxygens (including phenoxy) is 1. The Morgan fingerprint density at radius 2 is 1.90 bits per heavy atom. The lowest BCUT2D eigenvalue weighted by Gasteiger charge is -2.13. The van der Waals surface area contributed by atoms with E-state index in [9.17, 15) is 22.8 Å². The van der Waals surface area contributed by atoms with Gasteiger partial charge in [0.15, 0.2) is 0 Å². The second kappa shape index (κ2) is 13.6. The Morgan fingerprint density at radius 1 is 1.15 bits per heavy atom. The molecule has 1 aromatic carbocycles. The molecular weight excluding hydrogens is 539 g/mol. The number of carboxylic acid groups (broad SMARTS) is 1. The van der Waals surface area contributed by atoms with Gasteiger partial charge < -0.3 is 25.8 Å². The van der Waals surface area contributed by atoms with Crippen LogP contribution in [-0.2, 0) is 9.53 Å². The Morgan fingerprint density at radius 3 is 2.51 bits per heavy atom. The number of carbonyl (C=O) groups excluding carboxylic acids is 2. The first kappa shape index (κ1) is 29.4. The SMILES string of the molecule is COC(=O)c1cccc(Nc2ncc(C3CC3)c(NCCCNC(=O)c3cccs3)n2)c1.O=C(O)C(F)(F)F. The predicted molar refractivity (Wildman–Crippen MR) is 139 cm³/mol. The number of halogens is 3. The Hall–Kier alpha value is -4.20. The summed E-state index contributed by atoms with van der Waals surface area (Å²) in [6, 6.07) is 10.7. The number of nitrogens with one attached hydrogen (secondary N) is 3. The number of alkyl halides is 3. The Bertz CT molecular complexity index is 1280. The quantitative estimate of drug-likeness (QED) is 0.201. The molecule has 0 aliphatic heterocycles. The summed E-state index contributed by atoms with van der Waals surface area (Å²) < 4.78 is 36.5. The minimum absolute atomic E-state index is 0.0404. The molecule has 0 bridgehead atoms. The number of anilines is 3. The number of aliphatic carboxylic acids is 1. The molecule has 2 heterocycles. The van der Waals surface area contributed by atoms with Gasteiger partial charge in [-0.2, -0.15) is 18.2 Å². The van der Waals surface area contributed by atoms with Crippen molar-refractivity contribution >= 4 is 46.6 Å². The summed E-state index contributed by atoms with van der Waals surface area (Å²) in [6.07, 6.45) is -0.168. The van der Waals surface area contributed by atoms with Gasteiger partial charge in [-0.15, -0.1) is 11.3 Å². The highest BCUT2D eigenvalue weighted by Crippen LogP contribution is 2.42. The lowest BCUT2D eigenvalue weighted by atomic mass is 10.2. The monoisotopic (exact) mass is 565 g/mol. The van der Waals surface area contributed by atoms with E-state index in [0.29, 0.717) is 36.2 Å². The first-order valence-electron chi connectivity index (χ1n) is 11.8. The second-order valence-corrected chi connectivity index (χ2v) is 9.23. The van der Waals surface area contributed by atoms with Crippen molar-refractivity contribution in [1.82, 2.24) is 15.3 Å². The van der Waals surface area contributed by atoms with Gasteiger partial charge in [0, 0.05) is 30.5 Å². The van der Waals surface area contributed by atoms with Crippen LogP contribution in [0.2, 0.25) is 0 Å². The van der Waals surface area contributed by atoms with Crippen LogP contribution >= 0.6 is 11.3 Å². The standard InChI is InChI=1S/C23H25N5O3S.C2HF3O2/c1-31-22(30)16-5-2-6-17(13-16)27-23-26-14-18(15-8-9-15)20(28-23)24-10-4-11-25-21(29)19-7-3-12-32-19;3-2(4,5)1(6)7/h2-3,5-7,12-15H,4,8-11H2,1H3,(H,25,29)(H2,24,26,27,28);(H,6,7). The molecule has 3 aromatic rings. The van der Waals surface area contributed by atoms with Gasteiger partial charge in [0.2, 0.25) is 5.95 Å². The number of aromatic nitrogens is 2. The highest BCUT2D eigenvalue weighted by Gasteiger charge is 2.38. The normalized spacial score (nSPS) is 12.5. The summed E-state index contributed by atoms with van der Waals surface area (Å²) in [4.78, 5) is 42.5. The number of benzene rings is 1. The van der Waals surface area contributed by atoms with Crippen molar-refractivity contribution in [3.63, 3.8) is 0 Å². The fraction of sp³-hybridized carbons (Fsp3) is 0.320. The topological polar surface area (TPSA) is 143 Å². The smallest absolute Gasteiger partial charge is 0.475 e. The number of carboxylic acids is 1. The van der Waals surface area contributed by atoms with Crippen molar-refractivity contribution in [2.75, 3.05) is 30.8 Å². The molecule has 0 atom stereocenters. The number of hydrogen-bond donors (Lipinski definition) is 4. The number of nitrogens with zero attached hydrogens (tertiary/aromatic N) is 2. The first-order chi connectivity index (χ1) is 18.6. The third-order valence-electron chi connectivity index (χ3n) is 5.29. The van der Waals surface area contributed by atoms with E-state index in [4.69, 9.17) is 14.6 Å². The Labute approximate surface area is 225 Å². The summed E-state index contributed by atoms with van der Waals surface area (Å²) in [5.41, 5.74) is 2.27. The zero-order valence-electron chi connectivity index (χ0n) is 20.7. The molecule has 0 radical (unpaired) electrons. The van der Waals surface area contributed by atoms with Gasteiger partial charge in [0.05, 0.1) is 17.6 Å². The zero-order valence-corrected chi connectivity index (χ0v) is 21.6. The van der Waals surface area contributed by atoms with Gasteiger partial charge >= 0.3 is 18.1 Å². The number of rotatable bonds is 10. The van der Waals surface area contributed by atoms with Crippen molar-refractivity contribution < 1.29 is 37.4 Å². The van der Waals surface area contributed by atoms with Gasteiger partial charge in [-0.1, -0.05) is 12.1 Å². The van der Waals surface area contributed by atoms with Gasteiger partial charge in [0.1, 0.15) is 5.82 Å². The number of esters is 1. The average molecular weight is 566 g/mol. The maximum atomic E-state index is 12.0. The second-order valence-electron chi connectivity index (χ2n) is 8.29. The molecule has 0 saturated heterocycles. The van der Waals surface area contributed by atoms with Crippen LogP contribution in [0.25, 0.3) is 0 Å². The summed E-state index contributed by atoms with van der Waals surface area (Å²) in [5, 5.41) is 18.5. The maximum Gasteiger partial charge on any atom is 0.490 e. The summed E-state index contributed by atoms with van der Waals surface area (Å²) in [5.74, 6) is -1.45.